The zero-order valence-electron chi connectivity index (χ0n) is 24.8. The van der Waals surface area contributed by atoms with Crippen LogP contribution in [-0.2, 0) is 40.4 Å². The molecule has 4 rings (SSSR count). The Morgan fingerprint density at radius 2 is 1.88 bits per heavy atom. The fourth-order valence-electron chi connectivity index (χ4n) is 5.25. The van der Waals surface area contributed by atoms with E-state index >= 15 is 0 Å². The number of esters is 2. The van der Waals surface area contributed by atoms with Crippen molar-refractivity contribution in [3.63, 3.8) is 0 Å². The predicted octanol–water partition coefficient (Wildman–Crippen LogP) is 4.88. The van der Waals surface area contributed by atoms with Gasteiger partial charge in [-0.15, -0.1) is 0 Å². The summed E-state index contributed by atoms with van der Waals surface area (Å²) in [6, 6.07) is 13.6. The highest BCUT2D eigenvalue weighted by molar-refractivity contribution is 6.01. The van der Waals surface area contributed by atoms with Crippen LogP contribution in [-0.4, -0.2) is 56.7 Å². The van der Waals surface area contributed by atoms with Gasteiger partial charge in [-0.3, -0.25) is 10.1 Å². The lowest BCUT2D eigenvalue weighted by Gasteiger charge is -2.37. The molecule has 0 spiro atoms. The van der Waals surface area contributed by atoms with E-state index in [1.54, 1.807) is 19.9 Å². The van der Waals surface area contributed by atoms with Gasteiger partial charge in [0.05, 0.1) is 48.4 Å². The molecule has 1 saturated heterocycles. The van der Waals surface area contributed by atoms with E-state index in [0.29, 0.717) is 36.6 Å². The highest BCUT2D eigenvalue weighted by Crippen LogP contribution is 2.44. The van der Waals surface area contributed by atoms with Gasteiger partial charge in [0, 0.05) is 37.1 Å². The molecule has 1 N–H and O–H groups in total. The average molecular weight is 595 g/mol. The molecule has 1 unspecified atom stereocenters. The molecule has 0 aliphatic carbocycles. The number of nitrogens with one attached hydrogen (secondary N) is 1. The molecule has 0 aromatic heterocycles. The first-order valence-corrected chi connectivity index (χ1v) is 14.4. The standard InChI is InChI=1S/C32H38N2O9/c1-22-29(31(36)39-3)32(2,24-8-6-9-25(20-24)34(37)38)27(21-33-22)30(35)43-18-7-17-40-26-13-11-23(12-14-26)15-19-42-28-10-4-5-16-41-28/h6,8-9,11-14,20-21,28,33H,4-5,7,10,15-19H2,1-3H3/t28?,32-/m0/s1. The van der Waals surface area contributed by atoms with E-state index in [1.165, 1.54) is 31.5 Å². The summed E-state index contributed by atoms with van der Waals surface area (Å²) in [5, 5.41) is 14.4. The minimum Gasteiger partial charge on any atom is -0.493 e. The molecule has 2 atom stereocenters. The molecule has 2 aliphatic heterocycles. The van der Waals surface area contributed by atoms with Gasteiger partial charge in [-0.25, -0.2) is 9.59 Å². The largest absolute Gasteiger partial charge is 0.493 e. The lowest BCUT2D eigenvalue weighted by molar-refractivity contribution is -0.384. The number of carbonyl (C=O) groups is 2. The van der Waals surface area contributed by atoms with E-state index in [9.17, 15) is 19.7 Å². The second-order valence-corrected chi connectivity index (χ2v) is 10.5. The lowest BCUT2D eigenvalue weighted by Crippen LogP contribution is -2.41. The fourth-order valence-corrected chi connectivity index (χ4v) is 5.25. The molecule has 0 radical (unpaired) electrons. The van der Waals surface area contributed by atoms with Crippen molar-refractivity contribution in [3.05, 3.63) is 92.8 Å². The third-order valence-electron chi connectivity index (χ3n) is 7.64. The van der Waals surface area contributed by atoms with Crippen LogP contribution in [0.1, 0.15) is 50.7 Å². The van der Waals surface area contributed by atoms with Crippen molar-refractivity contribution in [2.75, 3.05) is 33.5 Å². The maximum Gasteiger partial charge on any atom is 0.336 e. The van der Waals surface area contributed by atoms with E-state index in [2.05, 4.69) is 5.32 Å². The summed E-state index contributed by atoms with van der Waals surface area (Å²) in [7, 11) is 1.24. The first kappa shape index (κ1) is 31.7. The Balaban J connectivity index is 1.31. The van der Waals surface area contributed by atoms with Crippen molar-refractivity contribution >= 4 is 17.6 Å². The second kappa shape index (κ2) is 14.8. The van der Waals surface area contributed by atoms with E-state index < -0.39 is 22.3 Å². The Morgan fingerprint density at radius 1 is 1.09 bits per heavy atom. The SMILES string of the molecule is COC(=O)C1=C(C)NC=C(C(=O)OCCCOc2ccc(CCOC3CCCCO3)cc2)[C@]1(C)c1cccc([N+](=O)[O-])c1. The lowest BCUT2D eigenvalue weighted by atomic mass is 9.68. The van der Waals surface area contributed by atoms with Crippen molar-refractivity contribution in [3.8, 4) is 5.75 Å². The predicted molar refractivity (Wildman–Crippen MR) is 157 cm³/mol. The first-order chi connectivity index (χ1) is 20.7. The number of methoxy groups -OCH3 is 1. The average Bonchev–Trinajstić information content (AvgIpc) is 3.02. The van der Waals surface area contributed by atoms with Crippen LogP contribution < -0.4 is 10.1 Å². The van der Waals surface area contributed by atoms with Crippen LogP contribution in [0, 0.1) is 10.1 Å². The van der Waals surface area contributed by atoms with Gasteiger partial charge in [0.2, 0.25) is 0 Å². The number of non-ortho nitro benzene ring substituents is 1. The van der Waals surface area contributed by atoms with Crippen molar-refractivity contribution < 1.29 is 38.2 Å². The van der Waals surface area contributed by atoms with E-state index in [1.807, 2.05) is 24.3 Å². The Bertz CT molecular complexity index is 1360. The summed E-state index contributed by atoms with van der Waals surface area (Å²) in [6.45, 7) is 5.07. The summed E-state index contributed by atoms with van der Waals surface area (Å²) in [6.07, 6.45) is 5.75. The molecule has 1 fully saturated rings. The number of dihydropyridines is 1. The van der Waals surface area contributed by atoms with Gasteiger partial charge < -0.3 is 29.0 Å². The number of rotatable bonds is 13. The molecular weight excluding hydrogens is 556 g/mol. The number of nitrogens with zero attached hydrogens (tertiary/aromatic N) is 1. The quantitative estimate of drug-likeness (QED) is 0.148. The van der Waals surface area contributed by atoms with Crippen LogP contribution in [0.15, 0.2) is 71.6 Å². The minimum atomic E-state index is -1.36. The number of hydrogen-bond acceptors (Lipinski definition) is 10. The van der Waals surface area contributed by atoms with Crippen molar-refractivity contribution in [2.24, 2.45) is 0 Å². The molecule has 0 amide bonds. The summed E-state index contributed by atoms with van der Waals surface area (Å²) in [4.78, 5) is 37.1. The molecule has 2 heterocycles. The van der Waals surface area contributed by atoms with E-state index in [4.69, 9.17) is 23.7 Å². The molecule has 11 heteroatoms. The summed E-state index contributed by atoms with van der Waals surface area (Å²) >= 11 is 0. The van der Waals surface area contributed by atoms with Crippen LogP contribution >= 0.6 is 0 Å². The summed E-state index contributed by atoms with van der Waals surface area (Å²) in [5.41, 5.74) is 0.723. The molecule has 0 saturated carbocycles. The van der Waals surface area contributed by atoms with Crippen molar-refractivity contribution in [2.45, 2.75) is 57.7 Å². The smallest absolute Gasteiger partial charge is 0.336 e. The molecule has 43 heavy (non-hydrogen) atoms. The number of ether oxygens (including phenoxy) is 5. The zero-order chi connectivity index (χ0) is 30.8. The molecule has 2 aromatic carbocycles. The molecule has 0 bridgehead atoms. The topological polar surface area (TPSA) is 135 Å². The zero-order valence-corrected chi connectivity index (χ0v) is 24.8. The number of hydrogen-bond donors (Lipinski definition) is 1. The Morgan fingerprint density at radius 3 is 2.58 bits per heavy atom. The van der Waals surface area contributed by atoms with Crippen molar-refractivity contribution in [1.82, 2.24) is 5.32 Å². The highest BCUT2D eigenvalue weighted by atomic mass is 16.7. The highest BCUT2D eigenvalue weighted by Gasteiger charge is 2.46. The van der Waals surface area contributed by atoms with Crippen LogP contribution in [0.3, 0.4) is 0 Å². The maximum atomic E-state index is 13.3. The number of allylic oxidation sites excluding steroid dienone is 1. The van der Waals surface area contributed by atoms with Gasteiger partial charge in [-0.2, -0.15) is 0 Å². The monoisotopic (exact) mass is 594 g/mol. The Labute approximate surface area is 250 Å². The number of nitro benzene ring substituents is 1. The first-order valence-electron chi connectivity index (χ1n) is 14.4. The van der Waals surface area contributed by atoms with Crippen LogP contribution in [0.5, 0.6) is 5.75 Å². The second-order valence-electron chi connectivity index (χ2n) is 10.5. The number of benzene rings is 2. The van der Waals surface area contributed by atoms with Crippen LogP contribution in [0.2, 0.25) is 0 Å². The maximum absolute atomic E-state index is 13.3. The summed E-state index contributed by atoms with van der Waals surface area (Å²) in [5.74, 6) is -0.629. The van der Waals surface area contributed by atoms with Crippen LogP contribution in [0.4, 0.5) is 5.69 Å². The number of carbonyl (C=O) groups excluding carboxylic acids is 2. The van der Waals surface area contributed by atoms with Gasteiger partial charge in [0.25, 0.3) is 5.69 Å². The Kier molecular flexibility index (Phi) is 10.9. The van der Waals surface area contributed by atoms with E-state index in [-0.39, 0.29) is 29.7 Å². The van der Waals surface area contributed by atoms with Gasteiger partial charge in [0.15, 0.2) is 6.29 Å². The van der Waals surface area contributed by atoms with E-state index in [0.717, 1.165) is 37.9 Å². The third kappa shape index (κ3) is 7.79. The molecule has 11 nitrogen and oxygen atoms in total. The van der Waals surface area contributed by atoms with Crippen molar-refractivity contribution in [1.29, 1.82) is 0 Å². The molecule has 2 aliphatic rings. The molecule has 2 aromatic rings. The van der Waals surface area contributed by atoms with Gasteiger partial charge in [-0.1, -0.05) is 24.3 Å². The summed E-state index contributed by atoms with van der Waals surface area (Å²) < 4.78 is 27.8. The van der Waals surface area contributed by atoms with Gasteiger partial charge in [-0.05, 0) is 62.8 Å². The normalized spacial score (nSPS) is 20.1. The van der Waals surface area contributed by atoms with Gasteiger partial charge >= 0.3 is 11.9 Å². The minimum absolute atomic E-state index is 0.0656. The van der Waals surface area contributed by atoms with Gasteiger partial charge in [0.1, 0.15) is 5.75 Å². The van der Waals surface area contributed by atoms with Crippen LogP contribution in [0.25, 0.3) is 0 Å². The fraction of sp³-hybridized carbons (Fsp3) is 0.438. The third-order valence-corrected chi connectivity index (χ3v) is 7.64. The molecular formula is C32H38N2O9. The number of nitro groups is 1. The Hall–Kier alpha value is -4.22. The molecule has 230 valence electrons.